The molecular weight excluding hydrogens is 190 g/mol. The van der Waals surface area contributed by atoms with Crippen LogP contribution in [0.4, 0.5) is 0 Å². The molecule has 0 amide bonds. The number of azide groups is 1. The minimum Gasteiger partial charge on any atom is -0.376 e. The summed E-state index contributed by atoms with van der Waals surface area (Å²) in [7, 11) is 0. The summed E-state index contributed by atoms with van der Waals surface area (Å²) in [6.07, 6.45) is 1.72. The lowest BCUT2D eigenvalue weighted by molar-refractivity contribution is 0.138. The summed E-state index contributed by atoms with van der Waals surface area (Å²) in [4.78, 5) is 2.65. The van der Waals surface area contributed by atoms with E-state index in [1.165, 1.54) is 0 Å². The zero-order valence-corrected chi connectivity index (χ0v) is 8.41. The number of nitrogens with zero attached hydrogens (tertiary/aromatic N) is 3. The summed E-state index contributed by atoms with van der Waals surface area (Å²) in [5, 5.41) is 3.40. The molecule has 1 aromatic rings. The van der Waals surface area contributed by atoms with Gasteiger partial charge >= 0.3 is 0 Å². The first-order valence-corrected chi connectivity index (χ1v) is 4.65. The van der Waals surface area contributed by atoms with Crippen LogP contribution >= 0.6 is 0 Å². The number of rotatable bonds is 6. The van der Waals surface area contributed by atoms with Gasteiger partial charge in [-0.3, -0.25) is 0 Å². The molecule has 0 saturated carbocycles. The van der Waals surface area contributed by atoms with Gasteiger partial charge in [0, 0.05) is 11.0 Å². The fourth-order valence-electron chi connectivity index (χ4n) is 1.04. The van der Waals surface area contributed by atoms with Gasteiger partial charge in [0.1, 0.15) is 0 Å². The average Bonchev–Trinajstić information content (AvgIpc) is 2.26. The lowest BCUT2D eigenvalue weighted by atomic mass is 10.2. The van der Waals surface area contributed by atoms with Gasteiger partial charge < -0.3 is 4.74 Å². The molecule has 0 aliphatic heterocycles. The lowest BCUT2D eigenvalue weighted by Crippen LogP contribution is -2.05. The molecule has 0 bridgehead atoms. The van der Waals surface area contributed by atoms with E-state index in [2.05, 4.69) is 16.9 Å². The van der Waals surface area contributed by atoms with Gasteiger partial charge in [0.25, 0.3) is 0 Å². The van der Waals surface area contributed by atoms with E-state index in [1.807, 2.05) is 30.3 Å². The Balaban J connectivity index is 2.15. The maximum Gasteiger partial charge on any atom is 0.0717 e. The van der Waals surface area contributed by atoms with Crippen LogP contribution in [0.15, 0.2) is 35.4 Å². The predicted molar refractivity (Wildman–Crippen MR) is 58.7 cm³/mol. The highest BCUT2D eigenvalue weighted by Crippen LogP contribution is 2.02. The Morgan fingerprint density at radius 3 is 2.87 bits per heavy atom. The van der Waals surface area contributed by atoms with E-state index in [0.717, 1.165) is 5.56 Å². The van der Waals surface area contributed by atoms with Crippen molar-refractivity contribution >= 4 is 0 Å². The molecule has 1 aromatic carbocycles. The van der Waals surface area contributed by atoms with Gasteiger partial charge in [0.15, 0.2) is 0 Å². The van der Waals surface area contributed by atoms with Crippen LogP contribution in [0.1, 0.15) is 5.56 Å². The van der Waals surface area contributed by atoms with Gasteiger partial charge in [-0.15, -0.1) is 0 Å². The van der Waals surface area contributed by atoms with Gasteiger partial charge in [0.2, 0.25) is 0 Å². The third kappa shape index (κ3) is 5.05. The highest BCUT2D eigenvalue weighted by molar-refractivity contribution is 5.13. The van der Waals surface area contributed by atoms with Crippen LogP contribution in [-0.4, -0.2) is 12.6 Å². The van der Waals surface area contributed by atoms with E-state index >= 15 is 0 Å². The van der Waals surface area contributed by atoms with Gasteiger partial charge in [-0.1, -0.05) is 35.4 Å². The molecule has 0 N–H and O–H groups in total. The van der Waals surface area contributed by atoms with Crippen molar-refractivity contribution < 1.29 is 4.74 Å². The third-order valence-electron chi connectivity index (χ3n) is 1.80. The number of hydrogen-bond donors (Lipinski definition) is 0. The Kier molecular flexibility index (Phi) is 5.30. The maximum absolute atomic E-state index is 8.13. The Labute approximate surface area is 89.5 Å². The second kappa shape index (κ2) is 6.87. The van der Waals surface area contributed by atoms with Crippen molar-refractivity contribution in [2.75, 3.05) is 6.61 Å². The zero-order valence-electron chi connectivity index (χ0n) is 8.41. The van der Waals surface area contributed by atoms with E-state index in [4.69, 9.17) is 10.3 Å². The first kappa shape index (κ1) is 11.6. The SMILES string of the molecule is [CH2][C@@H]([CH]COCc1ccccc1)N=[N+]=[N-]. The topological polar surface area (TPSA) is 58.0 Å². The van der Waals surface area contributed by atoms with E-state index < -0.39 is 0 Å². The average molecular weight is 203 g/mol. The summed E-state index contributed by atoms with van der Waals surface area (Å²) in [5.74, 6) is 0. The molecule has 4 nitrogen and oxygen atoms in total. The Bertz CT molecular complexity index is 320. The van der Waals surface area contributed by atoms with Crippen molar-refractivity contribution in [3.05, 3.63) is 59.7 Å². The zero-order chi connectivity index (χ0) is 10.9. The monoisotopic (exact) mass is 203 g/mol. The second-order valence-electron chi connectivity index (χ2n) is 3.01. The first-order chi connectivity index (χ1) is 7.33. The van der Waals surface area contributed by atoms with Crippen LogP contribution < -0.4 is 0 Å². The number of benzene rings is 1. The normalized spacial score (nSPS) is 11.8. The number of hydrogen-bond acceptors (Lipinski definition) is 2. The van der Waals surface area contributed by atoms with Crippen LogP contribution in [0.5, 0.6) is 0 Å². The minimum atomic E-state index is -0.370. The standard InChI is InChI=1S/C11H13N3O/c1-10(13-14-12)7-8-15-9-11-5-3-2-4-6-11/h2-7,10H,1,8-9H2/t10-/m0/s1. The van der Waals surface area contributed by atoms with Crippen LogP contribution in [0.3, 0.4) is 0 Å². The molecule has 0 spiro atoms. The van der Waals surface area contributed by atoms with Crippen molar-refractivity contribution in [1.29, 1.82) is 0 Å². The molecule has 78 valence electrons. The molecule has 0 aromatic heterocycles. The molecule has 0 aliphatic carbocycles. The number of ether oxygens (including phenoxy) is 1. The summed E-state index contributed by atoms with van der Waals surface area (Å²) >= 11 is 0. The molecule has 0 heterocycles. The summed E-state index contributed by atoms with van der Waals surface area (Å²) in [6, 6.07) is 9.51. The second-order valence-corrected chi connectivity index (χ2v) is 3.01. The highest BCUT2D eigenvalue weighted by Gasteiger charge is 1.98. The van der Waals surface area contributed by atoms with Gasteiger partial charge in [0.05, 0.1) is 13.2 Å². The van der Waals surface area contributed by atoms with Crippen molar-refractivity contribution in [3.63, 3.8) is 0 Å². The predicted octanol–water partition coefficient (Wildman–Crippen LogP) is 2.92. The minimum absolute atomic E-state index is 0.370. The molecule has 4 heteroatoms. The van der Waals surface area contributed by atoms with E-state index in [-0.39, 0.29) is 6.04 Å². The Hall–Kier alpha value is -1.51. The largest absolute Gasteiger partial charge is 0.376 e. The van der Waals surface area contributed by atoms with Crippen LogP contribution in [-0.2, 0) is 11.3 Å². The molecule has 0 unspecified atom stereocenters. The van der Waals surface area contributed by atoms with E-state index in [9.17, 15) is 0 Å². The molecule has 1 rings (SSSR count). The Morgan fingerprint density at radius 1 is 1.47 bits per heavy atom. The third-order valence-corrected chi connectivity index (χ3v) is 1.80. The summed E-state index contributed by atoms with van der Waals surface area (Å²) in [5.41, 5.74) is 9.25. The lowest BCUT2D eigenvalue weighted by Gasteiger charge is -2.05. The maximum atomic E-state index is 8.13. The van der Waals surface area contributed by atoms with Crippen LogP contribution in [0, 0.1) is 13.3 Å². The Morgan fingerprint density at radius 2 is 2.20 bits per heavy atom. The smallest absolute Gasteiger partial charge is 0.0717 e. The molecule has 1 atom stereocenters. The molecule has 0 fully saturated rings. The highest BCUT2D eigenvalue weighted by atomic mass is 16.5. The fourth-order valence-corrected chi connectivity index (χ4v) is 1.04. The van der Waals surface area contributed by atoms with Crippen LogP contribution in [0.2, 0.25) is 0 Å². The molecule has 0 saturated heterocycles. The fraction of sp³-hybridized carbons (Fsp3) is 0.273. The van der Waals surface area contributed by atoms with Gasteiger partial charge in [-0.25, -0.2) is 0 Å². The quantitative estimate of drug-likeness (QED) is 0.303. The van der Waals surface area contributed by atoms with E-state index in [0.29, 0.717) is 13.2 Å². The summed E-state index contributed by atoms with van der Waals surface area (Å²) < 4.78 is 5.36. The summed E-state index contributed by atoms with van der Waals surface area (Å²) in [6.45, 7) is 4.60. The molecule has 15 heavy (non-hydrogen) atoms. The first-order valence-electron chi connectivity index (χ1n) is 4.65. The van der Waals surface area contributed by atoms with Crippen molar-refractivity contribution in [2.24, 2.45) is 5.11 Å². The van der Waals surface area contributed by atoms with Gasteiger partial charge in [-0.05, 0) is 24.4 Å². The molecule has 0 aliphatic rings. The van der Waals surface area contributed by atoms with Crippen molar-refractivity contribution in [3.8, 4) is 0 Å². The molecule has 2 radical (unpaired) electrons. The van der Waals surface area contributed by atoms with Crippen LogP contribution in [0.25, 0.3) is 10.4 Å². The van der Waals surface area contributed by atoms with E-state index in [1.54, 1.807) is 6.42 Å². The van der Waals surface area contributed by atoms with Crippen molar-refractivity contribution in [2.45, 2.75) is 12.6 Å². The van der Waals surface area contributed by atoms with Gasteiger partial charge in [-0.2, -0.15) is 0 Å². The molecular formula is C11H13N3O. The van der Waals surface area contributed by atoms with Crippen molar-refractivity contribution in [1.82, 2.24) is 0 Å².